The molecular formula is C15H14ClFN2S. The fraction of sp³-hybridized carbons (Fsp3) is 0.267. The molecule has 3 rings (SSSR count). The SMILES string of the molecule is CCC(c1cccs1)n1c(CCl)nc2ccc(F)cc21. The monoisotopic (exact) mass is 308 g/mol. The average molecular weight is 309 g/mol. The van der Waals surface area contributed by atoms with Crippen molar-refractivity contribution in [1.29, 1.82) is 0 Å². The zero-order chi connectivity index (χ0) is 14.1. The number of rotatable bonds is 4. The van der Waals surface area contributed by atoms with Gasteiger partial charge in [-0.1, -0.05) is 13.0 Å². The number of halogens is 2. The molecule has 0 fully saturated rings. The minimum atomic E-state index is -0.249. The van der Waals surface area contributed by atoms with E-state index < -0.39 is 0 Å². The van der Waals surface area contributed by atoms with Crippen LogP contribution in [0.5, 0.6) is 0 Å². The summed E-state index contributed by atoms with van der Waals surface area (Å²) in [4.78, 5) is 5.76. The molecular weight excluding hydrogens is 295 g/mol. The van der Waals surface area contributed by atoms with Gasteiger partial charge in [0, 0.05) is 4.88 Å². The lowest BCUT2D eigenvalue weighted by Crippen LogP contribution is -2.11. The maximum absolute atomic E-state index is 13.6. The van der Waals surface area contributed by atoms with Crippen molar-refractivity contribution < 1.29 is 4.39 Å². The van der Waals surface area contributed by atoms with Crippen LogP contribution in [0.15, 0.2) is 35.7 Å². The third kappa shape index (κ3) is 2.23. The minimum Gasteiger partial charge on any atom is -0.318 e. The molecule has 5 heteroatoms. The summed E-state index contributed by atoms with van der Waals surface area (Å²) >= 11 is 7.73. The van der Waals surface area contributed by atoms with Gasteiger partial charge in [0.1, 0.15) is 11.6 Å². The van der Waals surface area contributed by atoms with E-state index in [9.17, 15) is 4.39 Å². The van der Waals surface area contributed by atoms with Gasteiger partial charge < -0.3 is 4.57 Å². The Balaban J connectivity index is 2.24. The van der Waals surface area contributed by atoms with E-state index >= 15 is 0 Å². The number of alkyl halides is 1. The molecule has 1 aromatic carbocycles. The molecule has 0 spiro atoms. The van der Waals surface area contributed by atoms with Gasteiger partial charge in [0.25, 0.3) is 0 Å². The number of hydrogen-bond donors (Lipinski definition) is 0. The zero-order valence-electron chi connectivity index (χ0n) is 11.0. The number of hydrogen-bond acceptors (Lipinski definition) is 2. The molecule has 2 aromatic heterocycles. The van der Waals surface area contributed by atoms with E-state index in [2.05, 4.69) is 27.9 Å². The first-order chi connectivity index (χ1) is 9.74. The summed E-state index contributed by atoms with van der Waals surface area (Å²) in [6.45, 7) is 2.12. The maximum Gasteiger partial charge on any atom is 0.125 e. The molecule has 0 aliphatic carbocycles. The van der Waals surface area contributed by atoms with Gasteiger partial charge in [0.05, 0.1) is 23.0 Å². The van der Waals surface area contributed by atoms with E-state index in [4.69, 9.17) is 11.6 Å². The van der Waals surface area contributed by atoms with Crippen LogP contribution < -0.4 is 0 Å². The summed E-state index contributed by atoms with van der Waals surface area (Å²) in [7, 11) is 0. The van der Waals surface area contributed by atoms with Crippen LogP contribution in [-0.4, -0.2) is 9.55 Å². The fourth-order valence-electron chi connectivity index (χ4n) is 2.55. The summed E-state index contributed by atoms with van der Waals surface area (Å²) in [6, 6.07) is 8.96. The summed E-state index contributed by atoms with van der Waals surface area (Å²) in [5, 5.41) is 2.05. The predicted molar refractivity (Wildman–Crippen MR) is 82.0 cm³/mol. The molecule has 0 N–H and O–H groups in total. The van der Waals surface area contributed by atoms with E-state index in [0.29, 0.717) is 5.88 Å². The van der Waals surface area contributed by atoms with Crippen molar-refractivity contribution in [3.63, 3.8) is 0 Å². The first-order valence-electron chi connectivity index (χ1n) is 6.50. The molecule has 0 bridgehead atoms. The number of fused-ring (bicyclic) bond motifs is 1. The molecule has 2 nitrogen and oxygen atoms in total. The lowest BCUT2D eigenvalue weighted by Gasteiger charge is -2.18. The Morgan fingerprint density at radius 3 is 2.90 bits per heavy atom. The van der Waals surface area contributed by atoms with Crippen molar-refractivity contribution in [3.05, 3.63) is 52.2 Å². The molecule has 3 aromatic rings. The Hall–Kier alpha value is -1.39. The van der Waals surface area contributed by atoms with Crippen molar-refractivity contribution in [1.82, 2.24) is 9.55 Å². The maximum atomic E-state index is 13.6. The summed E-state index contributed by atoms with van der Waals surface area (Å²) in [5.74, 6) is 0.853. The van der Waals surface area contributed by atoms with Crippen molar-refractivity contribution in [2.24, 2.45) is 0 Å². The van der Waals surface area contributed by atoms with Crippen LogP contribution in [0.25, 0.3) is 11.0 Å². The van der Waals surface area contributed by atoms with Gasteiger partial charge in [0.2, 0.25) is 0 Å². The van der Waals surface area contributed by atoms with Crippen LogP contribution in [-0.2, 0) is 5.88 Å². The molecule has 0 aliphatic heterocycles. The van der Waals surface area contributed by atoms with Crippen LogP contribution in [0.1, 0.15) is 30.1 Å². The Labute approximate surface area is 125 Å². The number of aromatic nitrogens is 2. The largest absolute Gasteiger partial charge is 0.318 e. The quantitative estimate of drug-likeness (QED) is 0.622. The smallest absolute Gasteiger partial charge is 0.125 e. The summed E-state index contributed by atoms with van der Waals surface area (Å²) in [5.41, 5.74) is 1.60. The first kappa shape index (κ1) is 13.6. The van der Waals surface area contributed by atoms with E-state index in [1.54, 1.807) is 17.4 Å². The number of benzene rings is 1. The lowest BCUT2D eigenvalue weighted by molar-refractivity contribution is 0.571. The standard InChI is InChI=1S/C15H14ClFN2S/c1-2-12(14-4-3-7-20-14)19-13-8-10(17)5-6-11(13)18-15(19)9-16/h3-8,12H,2,9H2,1H3. The molecule has 1 atom stereocenters. The summed E-state index contributed by atoms with van der Waals surface area (Å²) in [6.07, 6.45) is 0.909. The minimum absolute atomic E-state index is 0.149. The molecule has 1 unspecified atom stereocenters. The third-order valence-corrected chi connectivity index (χ3v) is 4.63. The van der Waals surface area contributed by atoms with Crippen LogP contribution >= 0.6 is 22.9 Å². The highest BCUT2D eigenvalue weighted by molar-refractivity contribution is 7.10. The molecule has 20 heavy (non-hydrogen) atoms. The van der Waals surface area contributed by atoms with Gasteiger partial charge in [-0.15, -0.1) is 22.9 Å². The molecule has 0 aliphatic rings. The second-order valence-corrected chi connectivity index (χ2v) is 5.85. The van der Waals surface area contributed by atoms with Gasteiger partial charge in [-0.05, 0) is 36.1 Å². The lowest BCUT2D eigenvalue weighted by atomic mass is 10.1. The molecule has 0 saturated heterocycles. The van der Waals surface area contributed by atoms with Crippen LogP contribution in [0.2, 0.25) is 0 Å². The van der Waals surface area contributed by atoms with Crippen molar-refractivity contribution in [2.45, 2.75) is 25.3 Å². The highest BCUT2D eigenvalue weighted by Gasteiger charge is 2.20. The van der Waals surface area contributed by atoms with Gasteiger partial charge in [-0.3, -0.25) is 0 Å². The van der Waals surface area contributed by atoms with Gasteiger partial charge in [-0.25, -0.2) is 9.37 Å². The van der Waals surface area contributed by atoms with Crippen LogP contribution in [0.4, 0.5) is 4.39 Å². The van der Waals surface area contributed by atoms with Crippen molar-refractivity contribution in [3.8, 4) is 0 Å². The predicted octanol–water partition coefficient (Wildman–Crippen LogP) is 4.98. The van der Waals surface area contributed by atoms with Crippen LogP contribution in [0.3, 0.4) is 0 Å². The van der Waals surface area contributed by atoms with E-state index in [-0.39, 0.29) is 11.9 Å². The van der Waals surface area contributed by atoms with E-state index in [1.165, 1.54) is 17.0 Å². The molecule has 0 saturated carbocycles. The topological polar surface area (TPSA) is 17.8 Å². The highest BCUT2D eigenvalue weighted by Crippen LogP contribution is 2.32. The van der Waals surface area contributed by atoms with E-state index in [1.807, 2.05) is 6.07 Å². The van der Waals surface area contributed by atoms with Gasteiger partial charge >= 0.3 is 0 Å². The first-order valence-corrected chi connectivity index (χ1v) is 7.91. The van der Waals surface area contributed by atoms with Crippen LogP contribution in [0, 0.1) is 5.82 Å². The van der Waals surface area contributed by atoms with Crippen molar-refractivity contribution >= 4 is 34.0 Å². The summed E-state index contributed by atoms with van der Waals surface area (Å²) < 4.78 is 15.6. The third-order valence-electron chi connectivity index (χ3n) is 3.41. The second-order valence-electron chi connectivity index (χ2n) is 4.60. The fourth-order valence-corrected chi connectivity index (χ4v) is 3.64. The Morgan fingerprint density at radius 2 is 2.25 bits per heavy atom. The normalized spacial score (nSPS) is 12.9. The van der Waals surface area contributed by atoms with E-state index in [0.717, 1.165) is 23.3 Å². The Bertz CT molecular complexity index is 721. The Kier molecular flexibility index (Phi) is 3.76. The number of imidazole rings is 1. The molecule has 2 heterocycles. The van der Waals surface area contributed by atoms with Gasteiger partial charge in [0.15, 0.2) is 0 Å². The number of nitrogens with zero attached hydrogens (tertiary/aromatic N) is 2. The van der Waals surface area contributed by atoms with Gasteiger partial charge in [-0.2, -0.15) is 0 Å². The molecule has 0 amide bonds. The molecule has 0 radical (unpaired) electrons. The van der Waals surface area contributed by atoms with Crippen molar-refractivity contribution in [2.75, 3.05) is 0 Å². The highest BCUT2D eigenvalue weighted by atomic mass is 35.5. The molecule has 104 valence electrons. The second kappa shape index (κ2) is 5.54. The zero-order valence-corrected chi connectivity index (χ0v) is 12.6. The average Bonchev–Trinajstić information content (AvgIpc) is 3.08. The Morgan fingerprint density at radius 1 is 1.40 bits per heavy atom. The number of thiophene rings is 1.